The number of rotatable bonds is 8. The van der Waals surface area contributed by atoms with Crippen LogP contribution < -0.4 is 4.74 Å². The van der Waals surface area contributed by atoms with Gasteiger partial charge in [-0.15, -0.1) is 10.2 Å². The van der Waals surface area contributed by atoms with Crippen LogP contribution >= 0.6 is 11.8 Å². The van der Waals surface area contributed by atoms with Crippen LogP contribution in [0, 0.1) is 0 Å². The van der Waals surface area contributed by atoms with E-state index in [1.807, 2.05) is 34.9 Å². The van der Waals surface area contributed by atoms with E-state index in [9.17, 15) is 9.90 Å². The van der Waals surface area contributed by atoms with E-state index in [1.54, 1.807) is 30.6 Å². The Balaban J connectivity index is 1.51. The molecule has 3 aromatic rings. The average Bonchev–Trinajstić information content (AvgIpc) is 3.14. The Morgan fingerprint density at radius 2 is 1.92 bits per heavy atom. The quantitative estimate of drug-likeness (QED) is 0.486. The second kappa shape index (κ2) is 8.64. The van der Waals surface area contributed by atoms with Crippen LogP contribution in [0.1, 0.15) is 17.3 Å². The fourth-order valence-corrected chi connectivity index (χ4v) is 3.12. The van der Waals surface area contributed by atoms with Gasteiger partial charge in [-0.25, -0.2) is 0 Å². The molecule has 0 saturated heterocycles. The van der Waals surface area contributed by atoms with E-state index in [0.29, 0.717) is 22.2 Å². The van der Waals surface area contributed by atoms with Gasteiger partial charge in [0.1, 0.15) is 18.7 Å². The molecular weight excluding hydrogens is 350 g/mol. The first-order chi connectivity index (χ1) is 12.6. The highest BCUT2D eigenvalue weighted by molar-refractivity contribution is 7.99. The summed E-state index contributed by atoms with van der Waals surface area (Å²) in [7, 11) is 0. The number of aromatic nitrogens is 3. The van der Waals surface area contributed by atoms with Crippen LogP contribution in [-0.4, -0.2) is 44.1 Å². The molecule has 0 spiro atoms. The Bertz CT molecular complexity index is 850. The smallest absolute Gasteiger partial charge is 0.195 e. The normalized spacial score (nSPS) is 11.9. The molecule has 0 saturated carbocycles. The van der Waals surface area contributed by atoms with E-state index in [1.165, 1.54) is 18.7 Å². The number of ketones is 1. The van der Waals surface area contributed by atoms with Gasteiger partial charge in [0.05, 0.1) is 6.10 Å². The lowest BCUT2D eigenvalue weighted by atomic mass is 10.1. The van der Waals surface area contributed by atoms with Crippen LogP contribution in [-0.2, 0) is 0 Å². The van der Waals surface area contributed by atoms with Crippen LogP contribution in [0.4, 0.5) is 0 Å². The topological polar surface area (TPSA) is 77.2 Å². The van der Waals surface area contributed by atoms with Gasteiger partial charge in [0.15, 0.2) is 10.9 Å². The van der Waals surface area contributed by atoms with Gasteiger partial charge in [-0.3, -0.25) is 9.36 Å². The summed E-state index contributed by atoms with van der Waals surface area (Å²) in [6.45, 7) is 1.68. The molecule has 1 atom stereocenters. The van der Waals surface area contributed by atoms with E-state index in [4.69, 9.17) is 4.74 Å². The number of carbonyl (C=O) groups excluding carboxylic acids is 1. The van der Waals surface area contributed by atoms with Crippen LogP contribution in [0.25, 0.3) is 5.69 Å². The SMILES string of the molecule is CC(=O)c1ccc(OC[C@@H](O)CSc2nncn2-c2ccccc2)cc1. The van der Waals surface area contributed by atoms with E-state index in [2.05, 4.69) is 10.2 Å². The van der Waals surface area contributed by atoms with E-state index in [0.717, 1.165) is 5.69 Å². The molecule has 0 aliphatic heterocycles. The van der Waals surface area contributed by atoms with Crippen LogP contribution in [0.15, 0.2) is 66.1 Å². The molecule has 0 amide bonds. The zero-order valence-corrected chi connectivity index (χ0v) is 15.1. The molecule has 1 N–H and O–H groups in total. The minimum Gasteiger partial charge on any atom is -0.491 e. The van der Waals surface area contributed by atoms with Gasteiger partial charge in [-0.2, -0.15) is 0 Å². The van der Waals surface area contributed by atoms with Crippen molar-refractivity contribution in [2.75, 3.05) is 12.4 Å². The highest BCUT2D eigenvalue weighted by atomic mass is 32.2. The summed E-state index contributed by atoms with van der Waals surface area (Å²) >= 11 is 1.41. The lowest BCUT2D eigenvalue weighted by molar-refractivity contribution is 0.101. The van der Waals surface area contributed by atoms with Crippen molar-refractivity contribution in [2.24, 2.45) is 0 Å². The van der Waals surface area contributed by atoms with Crippen LogP contribution in [0.5, 0.6) is 5.75 Å². The van der Waals surface area contributed by atoms with Crippen molar-refractivity contribution < 1.29 is 14.6 Å². The predicted molar refractivity (Wildman–Crippen MR) is 100 cm³/mol. The Hall–Kier alpha value is -2.64. The van der Waals surface area contributed by atoms with Crippen LogP contribution in [0.2, 0.25) is 0 Å². The molecule has 0 bridgehead atoms. The van der Waals surface area contributed by atoms with Gasteiger partial charge in [0.25, 0.3) is 0 Å². The number of ether oxygens (including phenoxy) is 1. The fourth-order valence-electron chi connectivity index (χ4n) is 2.29. The Labute approximate surface area is 155 Å². The number of nitrogens with zero attached hydrogens (tertiary/aromatic N) is 3. The number of hydrogen-bond donors (Lipinski definition) is 1. The third-order valence-electron chi connectivity index (χ3n) is 3.66. The number of benzene rings is 2. The second-order valence-corrected chi connectivity index (χ2v) is 6.66. The summed E-state index contributed by atoms with van der Waals surface area (Å²) in [6, 6.07) is 16.7. The first-order valence-corrected chi connectivity index (χ1v) is 9.12. The van der Waals surface area contributed by atoms with Gasteiger partial charge < -0.3 is 9.84 Å². The molecule has 0 aliphatic rings. The Morgan fingerprint density at radius 3 is 2.62 bits per heavy atom. The molecule has 134 valence electrons. The zero-order valence-electron chi connectivity index (χ0n) is 14.3. The summed E-state index contributed by atoms with van der Waals surface area (Å²) < 4.78 is 7.44. The number of para-hydroxylation sites is 1. The molecule has 7 heteroatoms. The summed E-state index contributed by atoms with van der Waals surface area (Å²) in [5.74, 6) is 1.05. The maximum atomic E-state index is 11.3. The standard InChI is InChI=1S/C19H19N3O3S/c1-14(23)15-7-9-18(10-8-15)25-11-17(24)12-26-19-21-20-13-22(19)16-5-3-2-4-6-16/h2-10,13,17,24H,11-12H2,1H3/t17-/m1/s1. The fraction of sp³-hybridized carbons (Fsp3) is 0.211. The number of carbonyl (C=O) groups is 1. The maximum absolute atomic E-state index is 11.3. The van der Waals surface area contributed by atoms with Crippen molar-refractivity contribution in [1.82, 2.24) is 14.8 Å². The van der Waals surface area contributed by atoms with Gasteiger partial charge in [-0.05, 0) is 43.3 Å². The lowest BCUT2D eigenvalue weighted by Crippen LogP contribution is -2.20. The highest BCUT2D eigenvalue weighted by Gasteiger charge is 2.11. The summed E-state index contributed by atoms with van der Waals surface area (Å²) in [4.78, 5) is 11.3. The molecule has 2 aromatic carbocycles. The molecule has 26 heavy (non-hydrogen) atoms. The maximum Gasteiger partial charge on any atom is 0.195 e. The summed E-state index contributed by atoms with van der Waals surface area (Å²) in [5.41, 5.74) is 1.60. The molecule has 1 aromatic heterocycles. The molecule has 3 rings (SSSR count). The minimum absolute atomic E-state index is 0.00973. The van der Waals surface area contributed by atoms with E-state index in [-0.39, 0.29) is 12.4 Å². The van der Waals surface area contributed by atoms with Gasteiger partial charge >= 0.3 is 0 Å². The van der Waals surface area contributed by atoms with Gasteiger partial charge in [0, 0.05) is 17.0 Å². The van der Waals surface area contributed by atoms with Crippen molar-refractivity contribution >= 4 is 17.5 Å². The monoisotopic (exact) mass is 369 g/mol. The molecule has 0 fully saturated rings. The van der Waals surface area contributed by atoms with E-state index >= 15 is 0 Å². The van der Waals surface area contributed by atoms with Gasteiger partial charge in [0.2, 0.25) is 0 Å². The van der Waals surface area contributed by atoms with Crippen molar-refractivity contribution in [1.29, 1.82) is 0 Å². The highest BCUT2D eigenvalue weighted by Crippen LogP contribution is 2.20. The van der Waals surface area contributed by atoms with Crippen molar-refractivity contribution in [3.05, 3.63) is 66.5 Å². The number of hydrogen-bond acceptors (Lipinski definition) is 6. The Morgan fingerprint density at radius 1 is 1.19 bits per heavy atom. The van der Waals surface area contributed by atoms with Crippen molar-refractivity contribution in [3.8, 4) is 11.4 Å². The first kappa shape index (κ1) is 18.2. The van der Waals surface area contributed by atoms with Crippen LogP contribution in [0.3, 0.4) is 0 Å². The minimum atomic E-state index is -0.659. The predicted octanol–water partition coefficient (Wildman–Crippen LogP) is 3.00. The third-order valence-corrected chi connectivity index (χ3v) is 4.75. The second-order valence-electron chi connectivity index (χ2n) is 5.68. The van der Waals surface area contributed by atoms with Crippen molar-refractivity contribution in [3.63, 3.8) is 0 Å². The number of aliphatic hydroxyl groups excluding tert-OH is 1. The molecule has 0 aliphatic carbocycles. The molecular formula is C19H19N3O3S. The Kier molecular flexibility index (Phi) is 6.04. The average molecular weight is 369 g/mol. The largest absolute Gasteiger partial charge is 0.491 e. The van der Waals surface area contributed by atoms with Crippen molar-refractivity contribution in [2.45, 2.75) is 18.2 Å². The number of thioether (sulfide) groups is 1. The molecule has 0 radical (unpaired) electrons. The summed E-state index contributed by atoms with van der Waals surface area (Å²) in [6.07, 6.45) is 0.991. The summed E-state index contributed by atoms with van der Waals surface area (Å²) in [5, 5.41) is 18.9. The van der Waals surface area contributed by atoms with E-state index < -0.39 is 6.10 Å². The molecule has 6 nitrogen and oxygen atoms in total. The molecule has 0 unspecified atom stereocenters. The number of Topliss-reactive ketones (excluding diaryl/α,β-unsaturated/α-hetero) is 1. The lowest BCUT2D eigenvalue weighted by Gasteiger charge is -2.12. The third kappa shape index (κ3) is 4.71. The molecule has 1 heterocycles. The first-order valence-electron chi connectivity index (χ1n) is 8.13. The number of aliphatic hydroxyl groups is 1. The van der Waals surface area contributed by atoms with Gasteiger partial charge in [-0.1, -0.05) is 30.0 Å². The zero-order chi connectivity index (χ0) is 18.4.